The first-order chi connectivity index (χ1) is 16.2. The summed E-state index contributed by atoms with van der Waals surface area (Å²) in [5.74, 6) is -3.60. The van der Waals surface area contributed by atoms with Crippen molar-refractivity contribution in [2.75, 3.05) is 18.6 Å². The van der Waals surface area contributed by atoms with E-state index in [2.05, 4.69) is 30.6 Å². The predicted molar refractivity (Wildman–Crippen MR) is 127 cm³/mol. The number of anilines is 1. The van der Waals surface area contributed by atoms with Gasteiger partial charge in [-0.05, 0) is 18.6 Å². The van der Waals surface area contributed by atoms with Crippen molar-refractivity contribution in [3.63, 3.8) is 0 Å². The summed E-state index contributed by atoms with van der Waals surface area (Å²) in [4.78, 5) is 50.2. The van der Waals surface area contributed by atoms with Crippen molar-refractivity contribution in [1.82, 2.24) is 20.6 Å². The fraction of sp³-hybridized carbons (Fsp3) is 0.263. The summed E-state index contributed by atoms with van der Waals surface area (Å²) >= 11 is 3.58. The van der Waals surface area contributed by atoms with Crippen LogP contribution in [0.4, 0.5) is 5.13 Å². The molecule has 0 spiro atoms. The Hall–Kier alpha value is -2.43. The molecular formula is C19H19N6NaO6S3. The second-order valence-corrected chi connectivity index (χ2v) is 9.59. The second kappa shape index (κ2) is 13.0. The number of carbonyl (C=O) groups is 3. The Kier molecular flexibility index (Phi) is 10.7. The van der Waals surface area contributed by atoms with Crippen LogP contribution in [0.2, 0.25) is 0 Å². The van der Waals surface area contributed by atoms with E-state index < -0.39 is 29.3 Å². The predicted octanol–water partition coefficient (Wildman–Crippen LogP) is -3.21. The maximum atomic E-state index is 12.8. The van der Waals surface area contributed by atoms with Crippen LogP contribution in [-0.2, 0) is 19.2 Å². The molecule has 0 unspecified atom stereocenters. The molecule has 0 saturated carbocycles. The molecule has 0 bridgehead atoms. The number of aryl methyl sites for hydroxylation is 1. The SMILES string of the molecule is CO/N=C(\C(=O)N[C@H](C(=O)O)[C@@H]1NC(C(=O)[O-])=C(/C=C\c2scnc2C)CS1)c1csc(N)n1.[Na+]. The van der Waals surface area contributed by atoms with Gasteiger partial charge in [0.25, 0.3) is 5.91 Å². The zero-order chi connectivity index (χ0) is 24.8. The number of nitrogens with two attached hydrogens (primary N) is 1. The van der Waals surface area contributed by atoms with Crippen LogP contribution >= 0.6 is 34.4 Å². The molecule has 0 fully saturated rings. The molecule has 0 radical (unpaired) electrons. The first kappa shape index (κ1) is 28.8. The van der Waals surface area contributed by atoms with Gasteiger partial charge < -0.3 is 36.2 Å². The number of aromatic nitrogens is 2. The number of rotatable bonds is 9. The summed E-state index contributed by atoms with van der Waals surface area (Å²) in [5.41, 5.74) is 8.05. The van der Waals surface area contributed by atoms with Gasteiger partial charge in [-0.2, -0.15) is 0 Å². The summed E-state index contributed by atoms with van der Waals surface area (Å²) in [6.07, 6.45) is 3.35. The number of hydrogen-bond donors (Lipinski definition) is 4. The number of hydrogen-bond acceptors (Lipinski definition) is 13. The molecule has 5 N–H and O–H groups in total. The van der Waals surface area contributed by atoms with Gasteiger partial charge in [-0.3, -0.25) is 4.79 Å². The molecule has 2 atom stereocenters. The maximum Gasteiger partial charge on any atom is 1.00 e. The smallest absolute Gasteiger partial charge is 0.543 e. The third-order valence-electron chi connectivity index (χ3n) is 4.47. The third-order valence-corrected chi connectivity index (χ3v) is 7.26. The number of allylic oxidation sites excluding steroid dienone is 1. The zero-order valence-corrected chi connectivity index (χ0v) is 23.3. The van der Waals surface area contributed by atoms with Crippen molar-refractivity contribution >= 4 is 69.2 Å². The van der Waals surface area contributed by atoms with Crippen molar-refractivity contribution in [2.24, 2.45) is 5.16 Å². The summed E-state index contributed by atoms with van der Waals surface area (Å²) in [6.45, 7) is 1.83. The average Bonchev–Trinajstić information content (AvgIpc) is 3.41. The van der Waals surface area contributed by atoms with E-state index in [1.807, 2.05) is 6.92 Å². The first-order valence-electron chi connectivity index (χ1n) is 9.48. The number of nitrogens with one attached hydrogen (secondary N) is 2. The number of thioether (sulfide) groups is 1. The number of carbonyl (C=O) groups excluding carboxylic acids is 2. The van der Waals surface area contributed by atoms with Crippen LogP contribution in [0.15, 0.2) is 33.4 Å². The number of nitrogen functional groups attached to an aromatic ring is 1. The Labute approximate surface area is 234 Å². The van der Waals surface area contributed by atoms with Crippen LogP contribution < -0.4 is 51.0 Å². The minimum Gasteiger partial charge on any atom is -0.543 e. The summed E-state index contributed by atoms with van der Waals surface area (Å²) < 4.78 is 0. The molecule has 0 aliphatic carbocycles. The van der Waals surface area contributed by atoms with E-state index in [0.29, 0.717) is 5.57 Å². The molecule has 35 heavy (non-hydrogen) atoms. The largest absolute Gasteiger partial charge is 1.00 e. The first-order valence-corrected chi connectivity index (χ1v) is 12.3. The van der Waals surface area contributed by atoms with E-state index in [0.717, 1.165) is 33.7 Å². The molecule has 0 saturated heterocycles. The van der Waals surface area contributed by atoms with Gasteiger partial charge in [0, 0.05) is 16.0 Å². The van der Waals surface area contributed by atoms with Crippen molar-refractivity contribution in [3.05, 3.63) is 44.5 Å². The van der Waals surface area contributed by atoms with E-state index in [9.17, 15) is 24.6 Å². The Morgan fingerprint density at radius 2 is 2.14 bits per heavy atom. The molecule has 3 heterocycles. The van der Waals surface area contributed by atoms with Crippen LogP contribution in [0.25, 0.3) is 6.08 Å². The number of thiazole rings is 2. The molecule has 180 valence electrons. The number of oxime groups is 1. The molecule has 1 aliphatic rings. The van der Waals surface area contributed by atoms with E-state index >= 15 is 0 Å². The molecule has 1 amide bonds. The number of carboxylic acids is 2. The molecule has 2 aromatic rings. The Morgan fingerprint density at radius 1 is 1.40 bits per heavy atom. The third kappa shape index (κ3) is 7.28. The van der Waals surface area contributed by atoms with Crippen LogP contribution in [0, 0.1) is 6.92 Å². The average molecular weight is 547 g/mol. The minimum atomic E-state index is -1.51. The number of carboxylic acid groups (broad SMARTS) is 2. The van der Waals surface area contributed by atoms with Crippen LogP contribution in [0.1, 0.15) is 16.3 Å². The number of aliphatic carboxylic acids is 2. The quantitative estimate of drug-likeness (QED) is 0.141. The molecule has 1 aliphatic heterocycles. The topological polar surface area (TPSA) is 192 Å². The molecule has 2 aromatic heterocycles. The van der Waals surface area contributed by atoms with Gasteiger partial charge in [0.05, 0.1) is 22.9 Å². The van der Waals surface area contributed by atoms with E-state index in [1.165, 1.54) is 23.8 Å². The fourth-order valence-corrected chi connectivity index (χ4v) is 5.27. The molecule has 0 aromatic carbocycles. The fourth-order valence-electron chi connectivity index (χ4n) is 2.85. The Morgan fingerprint density at radius 3 is 2.69 bits per heavy atom. The Bertz CT molecular complexity index is 1190. The van der Waals surface area contributed by atoms with E-state index in [1.54, 1.807) is 17.7 Å². The van der Waals surface area contributed by atoms with Gasteiger partial charge in [0.15, 0.2) is 16.9 Å². The van der Waals surface area contributed by atoms with Gasteiger partial charge in [-0.25, -0.2) is 14.8 Å². The Balaban J connectivity index is 0.00000432. The van der Waals surface area contributed by atoms with Crippen molar-refractivity contribution < 1.29 is 59.0 Å². The zero-order valence-electron chi connectivity index (χ0n) is 18.8. The van der Waals surface area contributed by atoms with Gasteiger partial charge in [-0.1, -0.05) is 11.2 Å². The minimum absolute atomic E-state index is 0. The van der Waals surface area contributed by atoms with E-state index in [4.69, 9.17) is 5.73 Å². The van der Waals surface area contributed by atoms with E-state index in [-0.39, 0.29) is 57.5 Å². The van der Waals surface area contributed by atoms with Crippen molar-refractivity contribution in [3.8, 4) is 0 Å². The van der Waals surface area contributed by atoms with Gasteiger partial charge in [0.1, 0.15) is 18.2 Å². The molecule has 3 rings (SSSR count). The molecule has 16 heteroatoms. The number of amides is 1. The summed E-state index contributed by atoms with van der Waals surface area (Å²) in [6, 6.07) is -1.51. The monoisotopic (exact) mass is 546 g/mol. The van der Waals surface area contributed by atoms with Crippen LogP contribution in [0.3, 0.4) is 0 Å². The van der Waals surface area contributed by atoms with Gasteiger partial charge in [-0.15, -0.1) is 34.4 Å². The van der Waals surface area contributed by atoms with Crippen LogP contribution in [0.5, 0.6) is 0 Å². The summed E-state index contributed by atoms with van der Waals surface area (Å²) in [7, 11) is 1.22. The standard InChI is InChI=1S/C19H20N6O6S3.Na/c1-8-11(34-7-21-8)4-3-9-5-32-16(24-12(9)17(27)28)14(18(29)30)23-15(26)13(25-31-2)10-6-33-19(20)22-10;/h3-4,6-7,14,16,24H,5H2,1-2H3,(H2,20,22)(H,23,26)(H,27,28)(H,29,30);/q;+1/p-1/b4-3-,25-13-;/t14-,16+;/m0./s1. The normalized spacial score (nSPS) is 16.9. The number of nitrogens with zero attached hydrogens (tertiary/aromatic N) is 3. The summed E-state index contributed by atoms with van der Waals surface area (Å²) in [5, 5.41) is 30.8. The van der Waals surface area contributed by atoms with Gasteiger partial charge >= 0.3 is 35.5 Å². The van der Waals surface area contributed by atoms with Crippen molar-refractivity contribution in [2.45, 2.75) is 18.3 Å². The molecular weight excluding hydrogens is 527 g/mol. The van der Waals surface area contributed by atoms with Crippen molar-refractivity contribution in [1.29, 1.82) is 0 Å². The molecule has 12 nitrogen and oxygen atoms in total. The maximum absolute atomic E-state index is 12.8. The second-order valence-electron chi connectivity index (χ2n) is 6.68. The van der Waals surface area contributed by atoms with Crippen LogP contribution in [-0.4, -0.2) is 62.9 Å². The van der Waals surface area contributed by atoms with Gasteiger partial charge in [0.2, 0.25) is 0 Å².